The van der Waals surface area contributed by atoms with Gasteiger partial charge in [-0.25, -0.2) is 9.67 Å². The van der Waals surface area contributed by atoms with Crippen LogP contribution in [0.25, 0.3) is 5.69 Å². The van der Waals surface area contributed by atoms with Crippen molar-refractivity contribution in [2.24, 2.45) is 0 Å². The number of anilines is 2. The van der Waals surface area contributed by atoms with Crippen molar-refractivity contribution in [3.63, 3.8) is 0 Å². The highest BCUT2D eigenvalue weighted by Gasteiger charge is 2.17. The van der Waals surface area contributed by atoms with Crippen LogP contribution in [0.4, 0.5) is 11.5 Å². The van der Waals surface area contributed by atoms with Crippen LogP contribution in [-0.2, 0) is 11.2 Å². The number of benzene rings is 1. The minimum Gasteiger partial charge on any atom is -0.363 e. The zero-order chi connectivity index (χ0) is 20.4. The fraction of sp³-hybridized carbons (Fsp3) is 0.250. The summed E-state index contributed by atoms with van der Waals surface area (Å²) >= 11 is 12.3. The van der Waals surface area contributed by atoms with E-state index in [-0.39, 0.29) is 12.3 Å². The van der Waals surface area contributed by atoms with Crippen LogP contribution in [0.2, 0.25) is 10.0 Å². The molecule has 3 rings (SSSR count). The Morgan fingerprint density at radius 1 is 1.18 bits per heavy atom. The first-order valence-electron chi connectivity index (χ1n) is 8.70. The van der Waals surface area contributed by atoms with Crippen LogP contribution in [0.5, 0.6) is 0 Å². The highest BCUT2D eigenvalue weighted by atomic mass is 35.5. The van der Waals surface area contributed by atoms with Gasteiger partial charge in [0.25, 0.3) is 0 Å². The fourth-order valence-electron chi connectivity index (χ4n) is 2.91. The van der Waals surface area contributed by atoms with Gasteiger partial charge in [-0.05, 0) is 44.2 Å². The maximum Gasteiger partial charge on any atom is 0.228 e. The van der Waals surface area contributed by atoms with Crippen LogP contribution in [0, 0.1) is 13.8 Å². The van der Waals surface area contributed by atoms with Gasteiger partial charge >= 0.3 is 0 Å². The van der Waals surface area contributed by atoms with E-state index in [1.807, 2.05) is 51.0 Å². The summed E-state index contributed by atoms with van der Waals surface area (Å²) in [6, 6.07) is 8.93. The topological polar surface area (TPSA) is 63.1 Å². The predicted molar refractivity (Wildman–Crippen MR) is 114 cm³/mol. The first-order valence-corrected chi connectivity index (χ1v) is 9.45. The molecule has 0 radical (unpaired) electrons. The number of aryl methyl sites for hydroxylation is 1. The lowest BCUT2D eigenvalue weighted by atomic mass is 10.1. The molecule has 0 aliphatic heterocycles. The minimum absolute atomic E-state index is 0.132. The lowest BCUT2D eigenvalue weighted by Crippen LogP contribution is -2.16. The van der Waals surface area contributed by atoms with Crippen molar-refractivity contribution in [3.05, 3.63) is 63.5 Å². The summed E-state index contributed by atoms with van der Waals surface area (Å²) in [7, 11) is 3.83. The smallest absolute Gasteiger partial charge is 0.228 e. The Hall–Kier alpha value is -2.57. The molecule has 0 spiro atoms. The molecular weight excluding hydrogens is 397 g/mol. The average Bonchev–Trinajstić information content (AvgIpc) is 2.90. The van der Waals surface area contributed by atoms with Crippen LogP contribution in [-0.4, -0.2) is 34.8 Å². The largest absolute Gasteiger partial charge is 0.363 e. The third kappa shape index (κ3) is 4.29. The number of nitrogens with one attached hydrogen (secondary N) is 1. The molecule has 8 heteroatoms. The Kier molecular flexibility index (Phi) is 5.91. The number of halogens is 2. The molecule has 2 aromatic heterocycles. The van der Waals surface area contributed by atoms with Crippen molar-refractivity contribution >= 4 is 40.6 Å². The second-order valence-corrected chi connectivity index (χ2v) is 7.52. The van der Waals surface area contributed by atoms with Gasteiger partial charge in [0.05, 0.1) is 34.7 Å². The first kappa shape index (κ1) is 20.2. The van der Waals surface area contributed by atoms with E-state index >= 15 is 0 Å². The number of amides is 1. The summed E-state index contributed by atoms with van der Waals surface area (Å²) in [6.07, 6.45) is 1.85. The average molecular weight is 418 g/mol. The number of hydrogen-bond acceptors (Lipinski definition) is 4. The summed E-state index contributed by atoms with van der Waals surface area (Å²) in [4.78, 5) is 18.7. The Labute approximate surface area is 174 Å². The molecule has 146 valence electrons. The Morgan fingerprint density at radius 2 is 1.93 bits per heavy atom. The Balaban J connectivity index is 1.79. The minimum atomic E-state index is -0.132. The number of aromatic nitrogens is 3. The summed E-state index contributed by atoms with van der Waals surface area (Å²) < 4.78 is 1.74. The highest BCUT2D eigenvalue weighted by molar-refractivity contribution is 6.35. The molecule has 28 heavy (non-hydrogen) atoms. The molecule has 0 bridgehead atoms. The highest BCUT2D eigenvalue weighted by Crippen LogP contribution is 2.27. The van der Waals surface area contributed by atoms with Gasteiger partial charge in [0, 0.05) is 30.4 Å². The summed E-state index contributed by atoms with van der Waals surface area (Å²) in [5.74, 6) is 0.693. The molecule has 1 aromatic carbocycles. The third-order valence-corrected chi connectivity index (χ3v) is 4.94. The van der Waals surface area contributed by atoms with E-state index in [0.29, 0.717) is 15.7 Å². The monoisotopic (exact) mass is 417 g/mol. The molecule has 0 aliphatic rings. The zero-order valence-electron chi connectivity index (χ0n) is 16.1. The van der Waals surface area contributed by atoms with Crippen LogP contribution < -0.4 is 10.2 Å². The van der Waals surface area contributed by atoms with E-state index in [4.69, 9.17) is 23.2 Å². The van der Waals surface area contributed by atoms with Gasteiger partial charge in [0.1, 0.15) is 5.82 Å². The van der Waals surface area contributed by atoms with E-state index in [1.54, 1.807) is 23.0 Å². The fourth-order valence-corrected chi connectivity index (χ4v) is 3.40. The van der Waals surface area contributed by atoms with E-state index in [1.165, 1.54) is 0 Å². The maximum absolute atomic E-state index is 12.5. The number of carbonyl (C=O) groups excluding carboxylic acids is 1. The van der Waals surface area contributed by atoms with Crippen molar-refractivity contribution in [1.82, 2.24) is 14.8 Å². The number of hydrogen-bond donors (Lipinski definition) is 1. The first-order chi connectivity index (χ1) is 13.3. The standard InChI is InChI=1S/C20H21Cl2N5O/c1-12-16(10-20(28)24-15-6-8-19(23-11-15)26(3)4)13(2)27(25-12)18-7-5-14(21)9-17(18)22/h5-9,11H,10H2,1-4H3,(H,24,28). The number of nitrogens with zero attached hydrogens (tertiary/aromatic N) is 4. The lowest BCUT2D eigenvalue weighted by Gasteiger charge is -2.12. The summed E-state index contributed by atoms with van der Waals surface area (Å²) in [5.41, 5.74) is 3.87. The van der Waals surface area contributed by atoms with Crippen molar-refractivity contribution in [2.45, 2.75) is 20.3 Å². The Morgan fingerprint density at radius 3 is 2.54 bits per heavy atom. The van der Waals surface area contributed by atoms with Crippen LogP contribution in [0.3, 0.4) is 0 Å². The van der Waals surface area contributed by atoms with E-state index in [9.17, 15) is 4.79 Å². The van der Waals surface area contributed by atoms with Crippen molar-refractivity contribution in [3.8, 4) is 5.69 Å². The number of carbonyl (C=O) groups is 1. The molecule has 0 unspecified atom stereocenters. The van der Waals surface area contributed by atoms with Gasteiger partial charge in [-0.1, -0.05) is 23.2 Å². The molecule has 3 aromatic rings. The Bertz CT molecular complexity index is 1010. The molecule has 0 fully saturated rings. The molecule has 0 saturated heterocycles. The lowest BCUT2D eigenvalue weighted by molar-refractivity contribution is -0.115. The predicted octanol–water partition coefficient (Wildman–Crippen LogP) is 4.44. The van der Waals surface area contributed by atoms with Gasteiger partial charge < -0.3 is 10.2 Å². The molecule has 6 nitrogen and oxygen atoms in total. The number of rotatable bonds is 5. The van der Waals surface area contributed by atoms with E-state index < -0.39 is 0 Å². The SMILES string of the molecule is Cc1nn(-c2ccc(Cl)cc2Cl)c(C)c1CC(=O)Nc1ccc(N(C)C)nc1. The molecule has 1 N–H and O–H groups in total. The second-order valence-electron chi connectivity index (χ2n) is 6.68. The second kappa shape index (κ2) is 8.20. The summed E-state index contributed by atoms with van der Waals surface area (Å²) in [5, 5.41) is 8.49. The summed E-state index contributed by atoms with van der Waals surface area (Å²) in [6.45, 7) is 3.80. The molecule has 0 atom stereocenters. The van der Waals surface area contributed by atoms with Crippen molar-refractivity contribution < 1.29 is 4.79 Å². The quantitative estimate of drug-likeness (QED) is 0.666. The molecular formula is C20H21Cl2N5O. The van der Waals surface area contributed by atoms with Crippen molar-refractivity contribution in [2.75, 3.05) is 24.3 Å². The van der Waals surface area contributed by atoms with E-state index in [2.05, 4.69) is 15.4 Å². The molecule has 1 amide bonds. The van der Waals surface area contributed by atoms with Crippen LogP contribution in [0.1, 0.15) is 17.0 Å². The van der Waals surface area contributed by atoms with Gasteiger partial charge in [0.15, 0.2) is 0 Å². The van der Waals surface area contributed by atoms with Gasteiger partial charge in [-0.2, -0.15) is 5.10 Å². The van der Waals surface area contributed by atoms with Crippen LogP contribution in [0.15, 0.2) is 36.5 Å². The van der Waals surface area contributed by atoms with E-state index in [0.717, 1.165) is 28.5 Å². The van der Waals surface area contributed by atoms with Crippen molar-refractivity contribution in [1.29, 1.82) is 0 Å². The normalized spacial score (nSPS) is 10.8. The molecule has 2 heterocycles. The maximum atomic E-state index is 12.5. The molecule has 0 aliphatic carbocycles. The number of pyridine rings is 1. The third-order valence-electron chi connectivity index (χ3n) is 4.41. The van der Waals surface area contributed by atoms with Gasteiger partial charge in [0.2, 0.25) is 5.91 Å². The van der Waals surface area contributed by atoms with Crippen LogP contribution >= 0.6 is 23.2 Å². The van der Waals surface area contributed by atoms with Gasteiger partial charge in [-0.3, -0.25) is 4.79 Å². The zero-order valence-corrected chi connectivity index (χ0v) is 17.6. The van der Waals surface area contributed by atoms with Gasteiger partial charge in [-0.15, -0.1) is 0 Å². The molecule has 0 saturated carbocycles.